The molecule has 0 radical (unpaired) electrons. The van der Waals surface area contributed by atoms with Crippen molar-refractivity contribution in [3.63, 3.8) is 0 Å². The third kappa shape index (κ3) is 5.48. The first-order chi connectivity index (χ1) is 14.3. The number of amides is 2. The molecule has 3 aromatic rings. The molecule has 0 aliphatic carbocycles. The highest BCUT2D eigenvalue weighted by atomic mass is 79.9. The Morgan fingerprint density at radius 2 is 1.80 bits per heavy atom. The smallest absolute Gasteiger partial charge is 0.251 e. The van der Waals surface area contributed by atoms with Gasteiger partial charge in [0.2, 0.25) is 5.91 Å². The molecule has 1 aromatic heterocycles. The molecule has 0 spiro atoms. The van der Waals surface area contributed by atoms with E-state index in [4.69, 9.17) is 0 Å². The van der Waals surface area contributed by atoms with Crippen LogP contribution in [0.4, 0.5) is 5.69 Å². The number of thioether (sulfide) groups is 1. The summed E-state index contributed by atoms with van der Waals surface area (Å²) in [6.45, 7) is 4.28. The molecule has 30 heavy (non-hydrogen) atoms. The minimum Gasteiger partial charge on any atom is -0.345 e. The molecule has 3 rings (SSSR count). The van der Waals surface area contributed by atoms with Gasteiger partial charge < -0.3 is 15.2 Å². The van der Waals surface area contributed by atoms with Crippen LogP contribution in [0.5, 0.6) is 0 Å². The summed E-state index contributed by atoms with van der Waals surface area (Å²) in [4.78, 5) is 24.5. The topological polar surface area (TPSA) is 88.9 Å². The second kappa shape index (κ2) is 9.90. The van der Waals surface area contributed by atoms with Crippen molar-refractivity contribution in [2.24, 2.45) is 7.05 Å². The molecule has 7 nitrogen and oxygen atoms in total. The number of rotatable bonds is 7. The average molecular weight is 488 g/mol. The van der Waals surface area contributed by atoms with E-state index in [1.807, 2.05) is 51.2 Å². The predicted molar refractivity (Wildman–Crippen MR) is 122 cm³/mol. The SMILES string of the molecule is Cc1cc(Br)c(NC(=O)CSc2nnc(CNC(=O)c3ccccc3)n2C)cc1C. The minimum absolute atomic E-state index is 0.133. The molecule has 156 valence electrons. The number of halogens is 1. The highest BCUT2D eigenvalue weighted by Gasteiger charge is 2.14. The van der Waals surface area contributed by atoms with Crippen LogP contribution in [0.25, 0.3) is 0 Å². The average Bonchev–Trinajstić information content (AvgIpc) is 3.09. The lowest BCUT2D eigenvalue weighted by Gasteiger charge is -2.10. The summed E-state index contributed by atoms with van der Waals surface area (Å²) in [5, 5.41) is 14.6. The number of aromatic nitrogens is 3. The molecule has 0 saturated carbocycles. The predicted octanol–water partition coefficient (Wildman–Crippen LogP) is 3.86. The molecule has 1 heterocycles. The van der Waals surface area contributed by atoms with Crippen LogP contribution in [-0.2, 0) is 18.4 Å². The van der Waals surface area contributed by atoms with Crippen molar-refractivity contribution in [1.29, 1.82) is 0 Å². The van der Waals surface area contributed by atoms with Gasteiger partial charge in [-0.1, -0.05) is 30.0 Å². The fourth-order valence-electron chi connectivity index (χ4n) is 2.67. The standard InChI is InChI=1S/C21H22BrN5O2S/c1-13-9-16(22)17(10-14(13)2)24-19(28)12-30-21-26-25-18(27(21)3)11-23-20(29)15-7-5-4-6-8-15/h4-10H,11-12H2,1-3H3,(H,23,29)(H,24,28). The van der Waals surface area contributed by atoms with Gasteiger partial charge in [-0.25, -0.2) is 0 Å². The van der Waals surface area contributed by atoms with Crippen molar-refractivity contribution in [3.05, 3.63) is 69.5 Å². The summed E-state index contributed by atoms with van der Waals surface area (Å²) in [5.41, 5.74) is 3.59. The van der Waals surface area contributed by atoms with Gasteiger partial charge in [-0.15, -0.1) is 10.2 Å². The lowest BCUT2D eigenvalue weighted by atomic mass is 10.1. The number of aryl methyl sites for hydroxylation is 2. The van der Waals surface area contributed by atoms with Gasteiger partial charge in [0, 0.05) is 17.1 Å². The normalized spacial score (nSPS) is 10.7. The molecule has 0 aliphatic rings. The maximum absolute atomic E-state index is 12.4. The number of benzene rings is 2. The zero-order valence-electron chi connectivity index (χ0n) is 16.9. The van der Waals surface area contributed by atoms with E-state index in [0.29, 0.717) is 16.5 Å². The van der Waals surface area contributed by atoms with E-state index in [2.05, 4.69) is 36.8 Å². The number of carbonyl (C=O) groups excluding carboxylic acids is 2. The Morgan fingerprint density at radius 1 is 1.10 bits per heavy atom. The first-order valence-corrected chi connectivity index (χ1v) is 11.0. The molecule has 0 unspecified atom stereocenters. The van der Waals surface area contributed by atoms with Crippen LogP contribution in [0.1, 0.15) is 27.3 Å². The lowest BCUT2D eigenvalue weighted by Crippen LogP contribution is -2.24. The summed E-state index contributed by atoms with van der Waals surface area (Å²) in [6, 6.07) is 12.9. The highest BCUT2D eigenvalue weighted by Crippen LogP contribution is 2.26. The number of nitrogens with one attached hydrogen (secondary N) is 2. The monoisotopic (exact) mass is 487 g/mol. The Morgan fingerprint density at radius 3 is 2.53 bits per heavy atom. The van der Waals surface area contributed by atoms with Crippen LogP contribution < -0.4 is 10.6 Å². The Kier molecular flexibility index (Phi) is 7.28. The fourth-order valence-corrected chi connectivity index (χ4v) is 3.96. The van der Waals surface area contributed by atoms with E-state index in [1.165, 1.54) is 11.8 Å². The van der Waals surface area contributed by atoms with Gasteiger partial charge in [-0.3, -0.25) is 9.59 Å². The Labute approximate surface area is 187 Å². The number of nitrogens with zero attached hydrogens (tertiary/aromatic N) is 3. The van der Waals surface area contributed by atoms with Gasteiger partial charge in [0.25, 0.3) is 5.91 Å². The lowest BCUT2D eigenvalue weighted by molar-refractivity contribution is -0.113. The van der Waals surface area contributed by atoms with Crippen LogP contribution >= 0.6 is 27.7 Å². The van der Waals surface area contributed by atoms with Gasteiger partial charge >= 0.3 is 0 Å². The maximum Gasteiger partial charge on any atom is 0.251 e. The van der Waals surface area contributed by atoms with Crippen molar-refractivity contribution in [1.82, 2.24) is 20.1 Å². The van der Waals surface area contributed by atoms with E-state index in [9.17, 15) is 9.59 Å². The van der Waals surface area contributed by atoms with Crippen molar-refractivity contribution in [2.75, 3.05) is 11.1 Å². The zero-order valence-corrected chi connectivity index (χ0v) is 19.3. The molecule has 2 amide bonds. The number of carbonyl (C=O) groups is 2. The molecular formula is C21H22BrN5O2S. The Bertz CT molecular complexity index is 1070. The molecule has 0 atom stereocenters. The molecule has 0 aliphatic heterocycles. The minimum atomic E-state index is -0.175. The van der Waals surface area contributed by atoms with Crippen molar-refractivity contribution in [2.45, 2.75) is 25.5 Å². The molecule has 9 heteroatoms. The largest absolute Gasteiger partial charge is 0.345 e. The second-order valence-corrected chi connectivity index (χ2v) is 8.56. The number of hydrogen-bond donors (Lipinski definition) is 2. The summed E-state index contributed by atoms with van der Waals surface area (Å²) in [7, 11) is 1.81. The molecule has 2 aromatic carbocycles. The van der Waals surface area contributed by atoms with Crippen molar-refractivity contribution < 1.29 is 9.59 Å². The Hall–Kier alpha value is -2.65. The van der Waals surface area contributed by atoms with E-state index in [-0.39, 0.29) is 24.1 Å². The first kappa shape index (κ1) is 22.0. The number of anilines is 1. The van der Waals surface area contributed by atoms with E-state index >= 15 is 0 Å². The summed E-state index contributed by atoms with van der Waals surface area (Å²) >= 11 is 4.77. The fraction of sp³-hybridized carbons (Fsp3) is 0.238. The molecule has 2 N–H and O–H groups in total. The van der Waals surface area contributed by atoms with Crippen LogP contribution in [0, 0.1) is 13.8 Å². The van der Waals surface area contributed by atoms with Crippen LogP contribution in [0.2, 0.25) is 0 Å². The zero-order chi connectivity index (χ0) is 21.7. The molecular weight excluding hydrogens is 466 g/mol. The second-order valence-electron chi connectivity index (χ2n) is 6.76. The van der Waals surface area contributed by atoms with Crippen molar-refractivity contribution >= 4 is 45.2 Å². The van der Waals surface area contributed by atoms with Gasteiger partial charge in [0.1, 0.15) is 0 Å². The van der Waals surface area contributed by atoms with E-state index < -0.39 is 0 Å². The first-order valence-electron chi connectivity index (χ1n) is 9.26. The third-order valence-corrected chi connectivity index (χ3v) is 6.23. The van der Waals surface area contributed by atoms with E-state index in [1.54, 1.807) is 16.7 Å². The molecule has 0 bridgehead atoms. The summed E-state index contributed by atoms with van der Waals surface area (Å²) in [6.07, 6.45) is 0. The van der Waals surface area contributed by atoms with Crippen molar-refractivity contribution in [3.8, 4) is 0 Å². The third-order valence-electron chi connectivity index (χ3n) is 4.56. The summed E-state index contributed by atoms with van der Waals surface area (Å²) in [5.74, 6) is 0.498. The van der Waals surface area contributed by atoms with Crippen LogP contribution in [0.3, 0.4) is 0 Å². The number of hydrogen-bond acceptors (Lipinski definition) is 5. The van der Waals surface area contributed by atoms with Gasteiger partial charge in [0.05, 0.1) is 18.0 Å². The van der Waals surface area contributed by atoms with Gasteiger partial charge in [-0.05, 0) is 65.2 Å². The van der Waals surface area contributed by atoms with Crippen LogP contribution in [-0.4, -0.2) is 32.3 Å². The molecule has 0 fully saturated rings. The highest BCUT2D eigenvalue weighted by molar-refractivity contribution is 9.10. The van der Waals surface area contributed by atoms with E-state index in [0.717, 1.165) is 21.3 Å². The van der Waals surface area contributed by atoms with Gasteiger partial charge in [0.15, 0.2) is 11.0 Å². The van der Waals surface area contributed by atoms with Crippen LogP contribution in [0.15, 0.2) is 52.1 Å². The van der Waals surface area contributed by atoms with Gasteiger partial charge in [-0.2, -0.15) is 0 Å². The summed E-state index contributed by atoms with van der Waals surface area (Å²) < 4.78 is 2.62. The molecule has 0 saturated heterocycles. The quantitative estimate of drug-likeness (QED) is 0.494. The maximum atomic E-state index is 12.4. The Balaban J connectivity index is 1.54.